The van der Waals surface area contributed by atoms with Gasteiger partial charge in [-0.2, -0.15) is 0 Å². The molecule has 0 saturated heterocycles. The lowest BCUT2D eigenvalue weighted by molar-refractivity contribution is 0.102. The molecule has 144 valence electrons. The molecule has 0 bridgehead atoms. The van der Waals surface area contributed by atoms with Crippen LogP contribution in [0.1, 0.15) is 10.4 Å². The van der Waals surface area contributed by atoms with Crippen LogP contribution in [0.4, 0.5) is 23.2 Å². The van der Waals surface area contributed by atoms with Gasteiger partial charge in [0.15, 0.2) is 23.3 Å². The van der Waals surface area contributed by atoms with Crippen LogP contribution < -0.4 is 5.32 Å². The van der Waals surface area contributed by atoms with E-state index in [-0.39, 0.29) is 11.6 Å². The van der Waals surface area contributed by atoms with Gasteiger partial charge in [0.1, 0.15) is 5.69 Å². The zero-order valence-electron chi connectivity index (χ0n) is 14.6. The highest BCUT2D eigenvalue weighted by molar-refractivity contribution is 6.13. The monoisotopic (exact) mass is 397 g/mol. The molecule has 0 saturated carbocycles. The molecule has 8 heteroatoms. The standard InChI is InChI=1S/C21H11F4N3O/c22-13-10-14(23)19(25)20(18(13)24)28-21(29)12-9-17(16-7-3-4-8-26-16)27-15-6-2-1-5-11(12)15/h1-10H,(H,28,29). The van der Waals surface area contributed by atoms with E-state index in [9.17, 15) is 22.4 Å². The first-order valence-corrected chi connectivity index (χ1v) is 8.41. The summed E-state index contributed by atoms with van der Waals surface area (Å²) in [5.41, 5.74) is 0.0713. The smallest absolute Gasteiger partial charge is 0.256 e. The number of carbonyl (C=O) groups excluding carboxylic acids is 1. The fourth-order valence-corrected chi connectivity index (χ4v) is 2.87. The summed E-state index contributed by atoms with van der Waals surface area (Å²) in [5.74, 6) is -7.58. The average Bonchev–Trinajstić information content (AvgIpc) is 2.75. The molecular weight excluding hydrogens is 386 g/mol. The molecule has 0 unspecified atom stereocenters. The van der Waals surface area contributed by atoms with Crippen molar-refractivity contribution in [3.63, 3.8) is 0 Å². The summed E-state index contributed by atoms with van der Waals surface area (Å²) in [6, 6.07) is 13.2. The molecule has 0 spiro atoms. The van der Waals surface area contributed by atoms with Gasteiger partial charge >= 0.3 is 0 Å². The normalized spacial score (nSPS) is 10.9. The molecular formula is C21H11F4N3O. The lowest BCUT2D eigenvalue weighted by Crippen LogP contribution is -2.16. The third kappa shape index (κ3) is 3.40. The van der Waals surface area contributed by atoms with E-state index < -0.39 is 34.9 Å². The second kappa shape index (κ2) is 7.31. The Kier molecular flexibility index (Phi) is 4.67. The molecule has 29 heavy (non-hydrogen) atoms. The number of nitrogens with zero attached hydrogens (tertiary/aromatic N) is 2. The number of nitrogens with one attached hydrogen (secondary N) is 1. The van der Waals surface area contributed by atoms with Crippen molar-refractivity contribution in [1.29, 1.82) is 0 Å². The van der Waals surface area contributed by atoms with Crippen molar-refractivity contribution in [1.82, 2.24) is 9.97 Å². The van der Waals surface area contributed by atoms with E-state index in [2.05, 4.69) is 9.97 Å². The van der Waals surface area contributed by atoms with Crippen molar-refractivity contribution in [3.8, 4) is 11.4 Å². The number of rotatable bonds is 3. The van der Waals surface area contributed by atoms with E-state index in [4.69, 9.17) is 0 Å². The maximum atomic E-state index is 14.0. The van der Waals surface area contributed by atoms with Crippen LogP contribution in [-0.2, 0) is 0 Å². The van der Waals surface area contributed by atoms with Crippen molar-refractivity contribution in [2.75, 3.05) is 5.32 Å². The van der Waals surface area contributed by atoms with Gasteiger partial charge in [-0.05, 0) is 24.3 Å². The molecule has 2 aromatic carbocycles. The Balaban J connectivity index is 1.85. The third-order valence-corrected chi connectivity index (χ3v) is 4.24. The first kappa shape index (κ1) is 18.5. The summed E-state index contributed by atoms with van der Waals surface area (Å²) < 4.78 is 54.8. The minimum Gasteiger partial charge on any atom is -0.317 e. The first-order valence-electron chi connectivity index (χ1n) is 8.41. The Labute approximate surface area is 161 Å². The Morgan fingerprint density at radius 2 is 1.52 bits per heavy atom. The van der Waals surface area contributed by atoms with Crippen LogP contribution in [0, 0.1) is 23.3 Å². The molecule has 4 nitrogen and oxygen atoms in total. The zero-order chi connectivity index (χ0) is 20.5. The summed E-state index contributed by atoms with van der Waals surface area (Å²) in [6.45, 7) is 0. The van der Waals surface area contributed by atoms with E-state index in [1.54, 1.807) is 48.7 Å². The van der Waals surface area contributed by atoms with E-state index in [0.717, 1.165) is 0 Å². The van der Waals surface area contributed by atoms with Gasteiger partial charge < -0.3 is 5.32 Å². The van der Waals surface area contributed by atoms with E-state index in [0.29, 0.717) is 22.3 Å². The van der Waals surface area contributed by atoms with Crippen LogP contribution in [0.25, 0.3) is 22.3 Å². The predicted octanol–water partition coefficient (Wildman–Crippen LogP) is 5.11. The number of hydrogen-bond acceptors (Lipinski definition) is 3. The molecule has 2 heterocycles. The minimum atomic E-state index is -1.69. The minimum absolute atomic E-state index is 0.0136. The van der Waals surface area contributed by atoms with Crippen LogP contribution in [0.5, 0.6) is 0 Å². The highest BCUT2D eigenvalue weighted by Gasteiger charge is 2.23. The molecule has 1 amide bonds. The van der Waals surface area contributed by atoms with Crippen molar-refractivity contribution in [3.05, 3.63) is 89.6 Å². The molecule has 0 aliphatic rings. The van der Waals surface area contributed by atoms with Gasteiger partial charge in [0.25, 0.3) is 5.91 Å². The Bertz CT molecular complexity index is 1220. The lowest BCUT2D eigenvalue weighted by Gasteiger charge is -2.12. The van der Waals surface area contributed by atoms with Gasteiger partial charge in [-0.25, -0.2) is 22.5 Å². The maximum Gasteiger partial charge on any atom is 0.256 e. The number of aromatic nitrogens is 2. The van der Waals surface area contributed by atoms with Crippen molar-refractivity contribution >= 4 is 22.5 Å². The van der Waals surface area contributed by atoms with Crippen molar-refractivity contribution in [2.24, 2.45) is 0 Å². The molecule has 4 aromatic rings. The third-order valence-electron chi connectivity index (χ3n) is 4.24. The van der Waals surface area contributed by atoms with Gasteiger partial charge in [0.2, 0.25) is 0 Å². The summed E-state index contributed by atoms with van der Waals surface area (Å²) in [6.07, 6.45) is 1.55. The van der Waals surface area contributed by atoms with Crippen LogP contribution in [0.15, 0.2) is 60.8 Å². The van der Waals surface area contributed by atoms with Crippen LogP contribution >= 0.6 is 0 Å². The zero-order valence-corrected chi connectivity index (χ0v) is 14.6. The molecule has 2 aromatic heterocycles. The number of anilines is 1. The fraction of sp³-hybridized carbons (Fsp3) is 0. The average molecular weight is 397 g/mol. The highest BCUT2D eigenvalue weighted by Crippen LogP contribution is 2.27. The largest absolute Gasteiger partial charge is 0.317 e. The molecule has 0 radical (unpaired) electrons. The lowest BCUT2D eigenvalue weighted by atomic mass is 10.1. The van der Waals surface area contributed by atoms with Gasteiger partial charge in [-0.1, -0.05) is 24.3 Å². The van der Waals surface area contributed by atoms with Crippen molar-refractivity contribution < 1.29 is 22.4 Å². The number of pyridine rings is 2. The van der Waals surface area contributed by atoms with E-state index in [1.807, 2.05) is 5.32 Å². The summed E-state index contributed by atoms with van der Waals surface area (Å²) >= 11 is 0. The van der Waals surface area contributed by atoms with E-state index in [1.165, 1.54) is 6.07 Å². The molecule has 0 aliphatic heterocycles. The summed E-state index contributed by atoms with van der Waals surface area (Å²) in [5, 5.41) is 2.32. The van der Waals surface area contributed by atoms with Crippen LogP contribution in [-0.4, -0.2) is 15.9 Å². The number of para-hydroxylation sites is 1. The number of halogens is 4. The quantitative estimate of drug-likeness (QED) is 0.386. The Hall–Kier alpha value is -3.81. The van der Waals surface area contributed by atoms with Gasteiger partial charge in [-0.15, -0.1) is 0 Å². The maximum absolute atomic E-state index is 14.0. The number of hydrogen-bond donors (Lipinski definition) is 1. The first-order chi connectivity index (χ1) is 14.0. The van der Waals surface area contributed by atoms with Gasteiger partial charge in [0, 0.05) is 17.6 Å². The number of fused-ring (bicyclic) bond motifs is 1. The number of amides is 1. The SMILES string of the molecule is O=C(Nc1c(F)c(F)cc(F)c1F)c1cc(-c2ccccn2)nc2ccccc12. The van der Waals surface area contributed by atoms with Crippen LogP contribution in [0.2, 0.25) is 0 Å². The Morgan fingerprint density at radius 1 is 0.828 bits per heavy atom. The van der Waals surface area contributed by atoms with Gasteiger partial charge in [-0.3, -0.25) is 9.78 Å². The highest BCUT2D eigenvalue weighted by atomic mass is 19.2. The molecule has 4 rings (SSSR count). The number of carbonyl (C=O) groups is 1. The second-order valence-electron chi connectivity index (χ2n) is 6.08. The van der Waals surface area contributed by atoms with Gasteiger partial charge in [0.05, 0.1) is 22.5 Å². The topological polar surface area (TPSA) is 54.9 Å². The molecule has 0 atom stereocenters. The predicted molar refractivity (Wildman–Crippen MR) is 99.2 cm³/mol. The summed E-state index contributed by atoms with van der Waals surface area (Å²) in [7, 11) is 0. The van der Waals surface area contributed by atoms with Crippen molar-refractivity contribution in [2.45, 2.75) is 0 Å². The van der Waals surface area contributed by atoms with E-state index >= 15 is 0 Å². The second-order valence-corrected chi connectivity index (χ2v) is 6.08. The summed E-state index contributed by atoms with van der Waals surface area (Å²) in [4.78, 5) is 21.4. The Morgan fingerprint density at radius 3 is 2.21 bits per heavy atom. The fourth-order valence-electron chi connectivity index (χ4n) is 2.87. The molecule has 1 N–H and O–H groups in total. The molecule has 0 aliphatic carbocycles. The van der Waals surface area contributed by atoms with Crippen LogP contribution in [0.3, 0.4) is 0 Å². The number of benzene rings is 2. The molecule has 0 fully saturated rings.